The Morgan fingerprint density at radius 1 is 0.793 bits per heavy atom. The predicted octanol–water partition coefficient (Wildman–Crippen LogP) is 5.62. The molecular formula is C24H26ClNO3. The highest BCUT2D eigenvalue weighted by Crippen LogP contribution is 2.32. The lowest BCUT2D eigenvalue weighted by atomic mass is 10.1. The highest BCUT2D eigenvalue weighted by atomic mass is 35.5. The minimum absolute atomic E-state index is 0.445. The second-order valence-electron chi connectivity index (χ2n) is 6.51. The van der Waals surface area contributed by atoms with Gasteiger partial charge in [-0.1, -0.05) is 54.1 Å². The second-order valence-corrected chi connectivity index (χ2v) is 6.94. The summed E-state index contributed by atoms with van der Waals surface area (Å²) < 4.78 is 17.4. The van der Waals surface area contributed by atoms with Gasteiger partial charge in [0.25, 0.3) is 0 Å². The van der Waals surface area contributed by atoms with Crippen LogP contribution >= 0.6 is 11.6 Å². The van der Waals surface area contributed by atoms with Gasteiger partial charge in [0, 0.05) is 29.2 Å². The van der Waals surface area contributed by atoms with Gasteiger partial charge < -0.3 is 19.5 Å². The van der Waals surface area contributed by atoms with Crippen LogP contribution < -0.4 is 19.5 Å². The number of hydrogen-bond donors (Lipinski definition) is 1. The standard InChI is InChI=1S/C24H26ClNO3/c1-3-28-23-10-6-8-20(16-26-15-19-7-4-5-9-22(19)27-2)24(23)29-17-18-11-13-21(25)14-12-18/h4-14,26H,3,15-17H2,1-2H3. The van der Waals surface area contributed by atoms with Crippen LogP contribution in [0.5, 0.6) is 17.2 Å². The lowest BCUT2D eigenvalue weighted by molar-refractivity contribution is 0.266. The van der Waals surface area contributed by atoms with Gasteiger partial charge in [-0.15, -0.1) is 0 Å². The van der Waals surface area contributed by atoms with Crippen molar-refractivity contribution in [3.63, 3.8) is 0 Å². The molecule has 0 radical (unpaired) electrons. The van der Waals surface area contributed by atoms with Crippen LogP contribution in [0.2, 0.25) is 5.02 Å². The Morgan fingerprint density at radius 2 is 1.48 bits per heavy atom. The topological polar surface area (TPSA) is 39.7 Å². The molecule has 0 atom stereocenters. The maximum Gasteiger partial charge on any atom is 0.166 e. The van der Waals surface area contributed by atoms with Crippen LogP contribution in [0.15, 0.2) is 66.7 Å². The van der Waals surface area contributed by atoms with E-state index in [0.717, 1.165) is 33.9 Å². The minimum atomic E-state index is 0.445. The Labute approximate surface area is 177 Å². The van der Waals surface area contributed by atoms with Gasteiger partial charge in [-0.25, -0.2) is 0 Å². The average molecular weight is 412 g/mol. The maximum atomic E-state index is 6.16. The summed E-state index contributed by atoms with van der Waals surface area (Å²) >= 11 is 5.97. The van der Waals surface area contributed by atoms with E-state index in [-0.39, 0.29) is 0 Å². The van der Waals surface area contributed by atoms with Crippen molar-refractivity contribution in [2.24, 2.45) is 0 Å². The molecule has 1 N–H and O–H groups in total. The normalized spacial score (nSPS) is 10.6. The maximum absolute atomic E-state index is 6.16. The van der Waals surface area contributed by atoms with Crippen molar-refractivity contribution in [1.82, 2.24) is 5.32 Å². The summed E-state index contributed by atoms with van der Waals surface area (Å²) in [6.45, 7) is 4.33. The smallest absolute Gasteiger partial charge is 0.166 e. The molecule has 0 saturated heterocycles. The van der Waals surface area contributed by atoms with Crippen molar-refractivity contribution in [3.05, 3.63) is 88.4 Å². The van der Waals surface area contributed by atoms with E-state index in [0.29, 0.717) is 31.3 Å². The van der Waals surface area contributed by atoms with Crippen LogP contribution in [-0.4, -0.2) is 13.7 Å². The first-order valence-electron chi connectivity index (χ1n) is 9.65. The number of halogens is 1. The van der Waals surface area contributed by atoms with Gasteiger partial charge in [0.05, 0.1) is 13.7 Å². The average Bonchev–Trinajstić information content (AvgIpc) is 2.75. The van der Waals surface area contributed by atoms with Gasteiger partial charge in [0.2, 0.25) is 0 Å². The SMILES string of the molecule is CCOc1cccc(CNCc2ccccc2OC)c1OCc1ccc(Cl)cc1. The number of benzene rings is 3. The summed E-state index contributed by atoms with van der Waals surface area (Å²) in [7, 11) is 1.69. The van der Waals surface area contributed by atoms with Crippen molar-refractivity contribution < 1.29 is 14.2 Å². The number of ether oxygens (including phenoxy) is 3. The van der Waals surface area contributed by atoms with E-state index in [1.165, 1.54) is 0 Å². The fraction of sp³-hybridized carbons (Fsp3) is 0.250. The first-order valence-corrected chi connectivity index (χ1v) is 10.0. The summed E-state index contributed by atoms with van der Waals surface area (Å²) in [5.74, 6) is 2.39. The third-order valence-electron chi connectivity index (χ3n) is 4.48. The van der Waals surface area contributed by atoms with E-state index in [9.17, 15) is 0 Å². The molecule has 0 spiro atoms. The molecule has 0 aliphatic rings. The highest BCUT2D eigenvalue weighted by Gasteiger charge is 2.12. The summed E-state index contributed by atoms with van der Waals surface area (Å²) in [6, 6.07) is 21.6. The Balaban J connectivity index is 1.71. The van der Waals surface area contributed by atoms with Crippen LogP contribution in [0.3, 0.4) is 0 Å². The minimum Gasteiger partial charge on any atom is -0.496 e. The van der Waals surface area contributed by atoms with Crippen molar-refractivity contribution in [3.8, 4) is 17.2 Å². The first-order chi connectivity index (χ1) is 14.2. The highest BCUT2D eigenvalue weighted by molar-refractivity contribution is 6.30. The summed E-state index contributed by atoms with van der Waals surface area (Å²) in [4.78, 5) is 0. The molecule has 0 aromatic heterocycles. The van der Waals surface area contributed by atoms with E-state index in [4.69, 9.17) is 25.8 Å². The van der Waals surface area contributed by atoms with Crippen molar-refractivity contribution in [1.29, 1.82) is 0 Å². The van der Waals surface area contributed by atoms with E-state index < -0.39 is 0 Å². The zero-order valence-corrected chi connectivity index (χ0v) is 17.5. The predicted molar refractivity (Wildman–Crippen MR) is 117 cm³/mol. The van der Waals surface area contributed by atoms with Crippen LogP contribution in [-0.2, 0) is 19.7 Å². The molecular weight excluding hydrogens is 386 g/mol. The third-order valence-corrected chi connectivity index (χ3v) is 4.73. The molecule has 5 heteroatoms. The van der Waals surface area contributed by atoms with Crippen molar-refractivity contribution in [2.45, 2.75) is 26.6 Å². The van der Waals surface area contributed by atoms with E-state index in [1.54, 1.807) is 7.11 Å². The molecule has 3 aromatic carbocycles. The van der Waals surface area contributed by atoms with E-state index >= 15 is 0 Å². The van der Waals surface area contributed by atoms with Crippen LogP contribution in [0.25, 0.3) is 0 Å². The van der Waals surface area contributed by atoms with E-state index in [1.807, 2.05) is 61.5 Å². The Kier molecular flexibility index (Phi) is 7.79. The Hall–Kier alpha value is -2.69. The number of para-hydroxylation sites is 2. The molecule has 0 fully saturated rings. The van der Waals surface area contributed by atoms with Gasteiger partial charge in [-0.2, -0.15) is 0 Å². The lowest BCUT2D eigenvalue weighted by Crippen LogP contribution is -2.14. The van der Waals surface area contributed by atoms with Gasteiger partial charge in [-0.05, 0) is 36.8 Å². The number of nitrogens with one attached hydrogen (secondary N) is 1. The van der Waals surface area contributed by atoms with Gasteiger partial charge in [0.15, 0.2) is 11.5 Å². The zero-order valence-electron chi connectivity index (χ0n) is 16.8. The molecule has 3 rings (SSSR count). The van der Waals surface area contributed by atoms with Crippen molar-refractivity contribution in [2.75, 3.05) is 13.7 Å². The molecule has 0 heterocycles. The van der Waals surface area contributed by atoms with Crippen molar-refractivity contribution >= 4 is 11.6 Å². The first kappa shape index (κ1) is 21.0. The molecule has 0 aliphatic heterocycles. The van der Waals surface area contributed by atoms with Gasteiger partial charge in [0.1, 0.15) is 12.4 Å². The van der Waals surface area contributed by atoms with Crippen LogP contribution in [0, 0.1) is 0 Å². The zero-order chi connectivity index (χ0) is 20.5. The Bertz CT molecular complexity index is 912. The summed E-state index contributed by atoms with van der Waals surface area (Å²) in [5, 5.41) is 4.19. The number of rotatable bonds is 10. The molecule has 0 bridgehead atoms. The number of methoxy groups -OCH3 is 1. The fourth-order valence-corrected chi connectivity index (χ4v) is 3.18. The van der Waals surface area contributed by atoms with Crippen LogP contribution in [0.1, 0.15) is 23.6 Å². The molecule has 0 aliphatic carbocycles. The molecule has 4 nitrogen and oxygen atoms in total. The molecule has 0 unspecified atom stereocenters. The fourth-order valence-electron chi connectivity index (χ4n) is 3.05. The monoisotopic (exact) mass is 411 g/mol. The quantitative estimate of drug-likeness (QED) is 0.470. The van der Waals surface area contributed by atoms with E-state index in [2.05, 4.69) is 17.4 Å². The lowest BCUT2D eigenvalue weighted by Gasteiger charge is -2.17. The largest absolute Gasteiger partial charge is 0.496 e. The molecule has 3 aromatic rings. The number of hydrogen-bond acceptors (Lipinski definition) is 4. The molecule has 0 amide bonds. The Morgan fingerprint density at radius 3 is 2.24 bits per heavy atom. The molecule has 152 valence electrons. The third kappa shape index (κ3) is 5.89. The molecule has 29 heavy (non-hydrogen) atoms. The van der Waals surface area contributed by atoms with Crippen LogP contribution in [0.4, 0.5) is 0 Å². The second kappa shape index (κ2) is 10.7. The summed E-state index contributed by atoms with van der Waals surface area (Å²) in [5.41, 5.74) is 3.20. The summed E-state index contributed by atoms with van der Waals surface area (Å²) in [6.07, 6.45) is 0. The van der Waals surface area contributed by atoms with Gasteiger partial charge >= 0.3 is 0 Å². The van der Waals surface area contributed by atoms with Gasteiger partial charge in [-0.3, -0.25) is 0 Å². The molecule has 0 saturated carbocycles.